The Labute approximate surface area is 141 Å². The van der Waals surface area contributed by atoms with Crippen molar-refractivity contribution in [1.82, 2.24) is 20.1 Å². The van der Waals surface area contributed by atoms with Gasteiger partial charge in [0.2, 0.25) is 0 Å². The van der Waals surface area contributed by atoms with E-state index in [1.165, 1.54) is 0 Å². The fourth-order valence-electron chi connectivity index (χ4n) is 2.71. The standard InChI is InChI=1S/C16H15BrN4O2/c1-9-19-20-15(21(9)12-3-4-12)8-18-16(22)14-7-10-6-11(17)2-5-13(10)23-14/h2,5-7,12H,3-4,8H2,1H3,(H,18,22). The van der Waals surface area contributed by atoms with E-state index in [0.717, 1.165) is 34.3 Å². The number of furan rings is 1. The first kappa shape index (κ1) is 14.4. The molecule has 0 bridgehead atoms. The van der Waals surface area contributed by atoms with Crippen LogP contribution in [0, 0.1) is 6.92 Å². The number of nitrogens with one attached hydrogen (secondary N) is 1. The summed E-state index contributed by atoms with van der Waals surface area (Å²) in [5, 5.41) is 12.0. The summed E-state index contributed by atoms with van der Waals surface area (Å²) < 4.78 is 8.65. The van der Waals surface area contributed by atoms with Crippen LogP contribution in [0.5, 0.6) is 0 Å². The minimum atomic E-state index is -0.250. The molecule has 0 aliphatic heterocycles. The van der Waals surface area contributed by atoms with E-state index < -0.39 is 0 Å². The third-order valence-electron chi connectivity index (χ3n) is 3.96. The molecule has 1 N–H and O–H groups in total. The van der Waals surface area contributed by atoms with Crippen LogP contribution in [0.1, 0.15) is 41.1 Å². The molecule has 6 nitrogen and oxygen atoms in total. The first-order chi connectivity index (χ1) is 11.1. The maximum absolute atomic E-state index is 12.3. The number of hydrogen-bond acceptors (Lipinski definition) is 4. The van der Waals surface area contributed by atoms with Crippen molar-refractivity contribution in [3.63, 3.8) is 0 Å². The van der Waals surface area contributed by atoms with Gasteiger partial charge >= 0.3 is 0 Å². The van der Waals surface area contributed by atoms with Crippen LogP contribution in [0.3, 0.4) is 0 Å². The van der Waals surface area contributed by atoms with Crippen LogP contribution in [0.15, 0.2) is 33.2 Å². The summed E-state index contributed by atoms with van der Waals surface area (Å²) in [6, 6.07) is 7.87. The lowest BCUT2D eigenvalue weighted by Crippen LogP contribution is -2.24. The second kappa shape index (κ2) is 5.49. The summed E-state index contributed by atoms with van der Waals surface area (Å²) in [5.74, 6) is 1.73. The average molecular weight is 375 g/mol. The molecule has 0 unspecified atom stereocenters. The molecule has 0 saturated heterocycles. The van der Waals surface area contributed by atoms with Crippen molar-refractivity contribution >= 4 is 32.8 Å². The third-order valence-corrected chi connectivity index (χ3v) is 4.45. The van der Waals surface area contributed by atoms with Gasteiger partial charge in [-0.05, 0) is 44.0 Å². The second-order valence-electron chi connectivity index (χ2n) is 5.74. The van der Waals surface area contributed by atoms with Crippen molar-refractivity contribution < 1.29 is 9.21 Å². The Morgan fingerprint density at radius 2 is 2.22 bits per heavy atom. The number of hydrogen-bond donors (Lipinski definition) is 1. The smallest absolute Gasteiger partial charge is 0.287 e. The molecule has 3 aromatic rings. The highest BCUT2D eigenvalue weighted by atomic mass is 79.9. The fraction of sp³-hybridized carbons (Fsp3) is 0.312. The monoisotopic (exact) mass is 374 g/mol. The zero-order valence-electron chi connectivity index (χ0n) is 12.5. The molecule has 0 spiro atoms. The van der Waals surface area contributed by atoms with Gasteiger partial charge in [0, 0.05) is 15.9 Å². The predicted molar refractivity (Wildman–Crippen MR) is 88.1 cm³/mol. The number of aromatic nitrogens is 3. The van der Waals surface area contributed by atoms with Gasteiger partial charge in [-0.3, -0.25) is 4.79 Å². The summed E-state index contributed by atoms with van der Waals surface area (Å²) in [6.07, 6.45) is 2.30. The molecule has 1 fully saturated rings. The number of aryl methyl sites for hydroxylation is 1. The Kier molecular flexibility index (Phi) is 3.45. The molecule has 1 saturated carbocycles. The quantitative estimate of drug-likeness (QED) is 0.759. The van der Waals surface area contributed by atoms with Crippen LogP contribution >= 0.6 is 15.9 Å². The van der Waals surface area contributed by atoms with Gasteiger partial charge in [-0.15, -0.1) is 10.2 Å². The number of benzene rings is 1. The number of nitrogens with zero attached hydrogens (tertiary/aromatic N) is 3. The van der Waals surface area contributed by atoms with Gasteiger partial charge in [0.1, 0.15) is 11.4 Å². The van der Waals surface area contributed by atoms with Gasteiger partial charge in [-0.25, -0.2) is 0 Å². The maximum Gasteiger partial charge on any atom is 0.287 e. The molecule has 1 amide bonds. The van der Waals surface area contributed by atoms with Crippen LogP contribution in [-0.4, -0.2) is 20.7 Å². The van der Waals surface area contributed by atoms with E-state index in [1.54, 1.807) is 6.07 Å². The van der Waals surface area contributed by atoms with Gasteiger partial charge in [0.05, 0.1) is 6.54 Å². The lowest BCUT2D eigenvalue weighted by molar-refractivity contribution is 0.0924. The second-order valence-corrected chi connectivity index (χ2v) is 6.66. The number of fused-ring (bicyclic) bond motifs is 1. The van der Waals surface area contributed by atoms with Crippen LogP contribution in [0.2, 0.25) is 0 Å². The van der Waals surface area contributed by atoms with E-state index in [0.29, 0.717) is 23.9 Å². The van der Waals surface area contributed by atoms with Crippen LogP contribution < -0.4 is 5.32 Å². The summed E-state index contributed by atoms with van der Waals surface area (Å²) in [7, 11) is 0. The molecule has 23 heavy (non-hydrogen) atoms. The van der Waals surface area contributed by atoms with Gasteiger partial charge in [-0.1, -0.05) is 15.9 Å². The molecule has 2 aromatic heterocycles. The molecule has 7 heteroatoms. The first-order valence-corrected chi connectivity index (χ1v) is 8.29. The molecule has 1 aliphatic rings. The molecule has 0 radical (unpaired) electrons. The minimum absolute atomic E-state index is 0.250. The summed E-state index contributed by atoms with van der Waals surface area (Å²) in [6.45, 7) is 2.28. The van der Waals surface area contributed by atoms with Gasteiger partial charge < -0.3 is 14.3 Å². The SMILES string of the molecule is Cc1nnc(CNC(=O)c2cc3cc(Br)ccc3o2)n1C1CC1. The lowest BCUT2D eigenvalue weighted by atomic mass is 10.2. The van der Waals surface area contributed by atoms with Crippen molar-refractivity contribution in [3.05, 3.63) is 46.1 Å². The minimum Gasteiger partial charge on any atom is -0.451 e. The Hall–Kier alpha value is -2.15. The lowest BCUT2D eigenvalue weighted by Gasteiger charge is -2.07. The highest BCUT2D eigenvalue weighted by Crippen LogP contribution is 2.36. The van der Waals surface area contributed by atoms with Crippen molar-refractivity contribution in [2.45, 2.75) is 32.4 Å². The average Bonchev–Trinajstić information content (AvgIpc) is 3.16. The number of carbonyl (C=O) groups is 1. The Bertz CT molecular complexity index is 895. The molecule has 1 aromatic carbocycles. The van der Waals surface area contributed by atoms with E-state index in [2.05, 4.69) is 36.0 Å². The zero-order chi connectivity index (χ0) is 16.0. The maximum atomic E-state index is 12.3. The molecular formula is C16H15BrN4O2. The van der Waals surface area contributed by atoms with Crippen LogP contribution in [-0.2, 0) is 6.54 Å². The van der Waals surface area contributed by atoms with E-state index in [4.69, 9.17) is 4.42 Å². The normalized spacial score (nSPS) is 14.3. The van der Waals surface area contributed by atoms with E-state index in [9.17, 15) is 4.79 Å². The highest BCUT2D eigenvalue weighted by molar-refractivity contribution is 9.10. The largest absolute Gasteiger partial charge is 0.451 e. The van der Waals surface area contributed by atoms with Crippen molar-refractivity contribution in [1.29, 1.82) is 0 Å². The first-order valence-electron chi connectivity index (χ1n) is 7.49. The predicted octanol–water partition coefficient (Wildman–Crippen LogP) is 3.36. The molecular weight excluding hydrogens is 360 g/mol. The highest BCUT2D eigenvalue weighted by Gasteiger charge is 2.28. The Morgan fingerprint density at radius 1 is 1.39 bits per heavy atom. The molecule has 1 aliphatic carbocycles. The molecule has 4 rings (SSSR count). The van der Waals surface area contributed by atoms with Gasteiger partial charge in [-0.2, -0.15) is 0 Å². The van der Waals surface area contributed by atoms with E-state index in [1.807, 2.05) is 25.1 Å². The Balaban J connectivity index is 1.51. The fourth-order valence-corrected chi connectivity index (χ4v) is 3.09. The number of halogens is 1. The van der Waals surface area contributed by atoms with Crippen molar-refractivity contribution in [3.8, 4) is 0 Å². The topological polar surface area (TPSA) is 73.0 Å². The summed E-state index contributed by atoms with van der Waals surface area (Å²) in [5.41, 5.74) is 0.690. The third kappa shape index (κ3) is 2.76. The van der Waals surface area contributed by atoms with E-state index >= 15 is 0 Å². The molecule has 118 valence electrons. The Morgan fingerprint density at radius 3 is 3.00 bits per heavy atom. The number of amides is 1. The summed E-state index contributed by atoms with van der Waals surface area (Å²) in [4.78, 5) is 12.3. The van der Waals surface area contributed by atoms with Crippen molar-refractivity contribution in [2.75, 3.05) is 0 Å². The van der Waals surface area contributed by atoms with Gasteiger partial charge in [0.15, 0.2) is 11.6 Å². The molecule has 2 heterocycles. The van der Waals surface area contributed by atoms with Gasteiger partial charge in [0.25, 0.3) is 5.91 Å². The number of rotatable bonds is 4. The zero-order valence-corrected chi connectivity index (χ0v) is 14.1. The van der Waals surface area contributed by atoms with Crippen molar-refractivity contribution in [2.24, 2.45) is 0 Å². The van der Waals surface area contributed by atoms with Crippen LogP contribution in [0.25, 0.3) is 11.0 Å². The number of carbonyl (C=O) groups excluding carboxylic acids is 1. The molecule has 0 atom stereocenters. The summed E-state index contributed by atoms with van der Waals surface area (Å²) >= 11 is 3.41. The van der Waals surface area contributed by atoms with Crippen LogP contribution in [0.4, 0.5) is 0 Å². The van der Waals surface area contributed by atoms with E-state index in [-0.39, 0.29) is 5.91 Å².